The third kappa shape index (κ3) is 4.56. The molecule has 1 atom stereocenters. The molecule has 0 bridgehead atoms. The summed E-state index contributed by atoms with van der Waals surface area (Å²) < 4.78 is 5.26. The van der Waals surface area contributed by atoms with Gasteiger partial charge < -0.3 is 10.1 Å². The van der Waals surface area contributed by atoms with E-state index in [1.807, 2.05) is 32.0 Å². The van der Waals surface area contributed by atoms with Crippen molar-refractivity contribution in [1.82, 2.24) is 5.32 Å². The van der Waals surface area contributed by atoms with E-state index in [0.717, 1.165) is 16.9 Å². The van der Waals surface area contributed by atoms with E-state index in [4.69, 9.17) is 4.74 Å². The Balaban J connectivity index is 2.13. The normalized spacial score (nSPS) is 11.6. The number of hydrogen-bond acceptors (Lipinski definition) is 4. The number of rotatable bonds is 7. The minimum absolute atomic E-state index is 0.0250. The van der Waals surface area contributed by atoms with Gasteiger partial charge in [-0.3, -0.25) is 14.9 Å². The lowest BCUT2D eigenvalue weighted by Gasteiger charge is -2.19. The van der Waals surface area contributed by atoms with E-state index in [0.29, 0.717) is 12.0 Å². The Morgan fingerprint density at radius 3 is 2.60 bits per heavy atom. The van der Waals surface area contributed by atoms with Crippen LogP contribution in [0.5, 0.6) is 5.75 Å². The van der Waals surface area contributed by atoms with Gasteiger partial charge in [0.1, 0.15) is 5.75 Å². The molecule has 0 spiro atoms. The molecule has 1 amide bonds. The molecular weight excluding hydrogens is 320 g/mol. The lowest BCUT2D eigenvalue weighted by Crippen LogP contribution is -2.29. The second kappa shape index (κ2) is 8.28. The molecule has 0 unspecified atom stereocenters. The molecular formula is C19H22N2O4. The van der Waals surface area contributed by atoms with Crippen LogP contribution in [-0.2, 0) is 11.2 Å². The molecule has 2 aromatic rings. The van der Waals surface area contributed by atoms with Gasteiger partial charge in [-0.1, -0.05) is 37.3 Å². The molecule has 0 saturated carbocycles. The number of nitrogens with one attached hydrogen (secondary N) is 1. The van der Waals surface area contributed by atoms with E-state index in [1.165, 1.54) is 6.07 Å². The Bertz CT molecular complexity index is 774. The van der Waals surface area contributed by atoms with Gasteiger partial charge in [-0.05, 0) is 30.5 Å². The predicted molar refractivity (Wildman–Crippen MR) is 95.7 cm³/mol. The number of ether oxygens (including phenoxy) is 1. The zero-order valence-corrected chi connectivity index (χ0v) is 14.6. The highest BCUT2D eigenvalue weighted by atomic mass is 16.6. The molecule has 6 nitrogen and oxygen atoms in total. The maximum Gasteiger partial charge on any atom is 0.273 e. The first-order valence-electron chi connectivity index (χ1n) is 8.12. The van der Waals surface area contributed by atoms with Gasteiger partial charge in [0.25, 0.3) is 5.69 Å². The maximum absolute atomic E-state index is 12.4. The van der Waals surface area contributed by atoms with E-state index >= 15 is 0 Å². The minimum Gasteiger partial charge on any atom is -0.496 e. The van der Waals surface area contributed by atoms with Gasteiger partial charge in [-0.25, -0.2) is 0 Å². The molecule has 0 saturated heterocycles. The van der Waals surface area contributed by atoms with Crippen molar-refractivity contribution in [2.45, 2.75) is 32.7 Å². The molecule has 0 aromatic heterocycles. The van der Waals surface area contributed by atoms with Gasteiger partial charge in [0.05, 0.1) is 24.5 Å². The molecule has 6 heteroatoms. The fourth-order valence-electron chi connectivity index (χ4n) is 2.80. The van der Waals surface area contributed by atoms with Crippen LogP contribution in [0.2, 0.25) is 0 Å². The van der Waals surface area contributed by atoms with Gasteiger partial charge in [0.2, 0.25) is 5.91 Å². The number of aryl methyl sites for hydroxylation is 1. The molecule has 0 fully saturated rings. The average molecular weight is 342 g/mol. The summed E-state index contributed by atoms with van der Waals surface area (Å²) in [5.41, 5.74) is 2.35. The van der Waals surface area contributed by atoms with Crippen LogP contribution in [0.25, 0.3) is 0 Å². The fourth-order valence-corrected chi connectivity index (χ4v) is 2.80. The molecule has 0 heterocycles. The third-order valence-corrected chi connectivity index (χ3v) is 4.10. The number of hydrogen-bond donors (Lipinski definition) is 1. The summed E-state index contributed by atoms with van der Waals surface area (Å²) in [6, 6.07) is 11.9. The van der Waals surface area contributed by atoms with Gasteiger partial charge in [0, 0.05) is 11.6 Å². The van der Waals surface area contributed by atoms with Crippen molar-refractivity contribution in [3.63, 3.8) is 0 Å². The summed E-state index contributed by atoms with van der Waals surface area (Å²) in [5, 5.41) is 14.0. The number of para-hydroxylation sites is 1. The zero-order valence-electron chi connectivity index (χ0n) is 14.6. The van der Waals surface area contributed by atoms with E-state index < -0.39 is 4.92 Å². The van der Waals surface area contributed by atoms with E-state index in [1.54, 1.807) is 25.3 Å². The number of amides is 1. The lowest BCUT2D eigenvalue weighted by molar-refractivity contribution is -0.385. The number of methoxy groups -OCH3 is 1. The van der Waals surface area contributed by atoms with Crippen LogP contribution in [0.15, 0.2) is 42.5 Å². The second-order valence-corrected chi connectivity index (χ2v) is 5.82. The topological polar surface area (TPSA) is 81.5 Å². The highest BCUT2D eigenvalue weighted by molar-refractivity contribution is 5.80. The first-order chi connectivity index (χ1) is 12.0. The van der Waals surface area contributed by atoms with Gasteiger partial charge in [-0.15, -0.1) is 0 Å². The highest BCUT2D eigenvalue weighted by Gasteiger charge is 2.18. The van der Waals surface area contributed by atoms with Crippen molar-refractivity contribution >= 4 is 11.6 Å². The van der Waals surface area contributed by atoms with E-state index in [2.05, 4.69) is 5.32 Å². The van der Waals surface area contributed by atoms with Crippen LogP contribution in [-0.4, -0.2) is 17.9 Å². The van der Waals surface area contributed by atoms with Crippen molar-refractivity contribution < 1.29 is 14.5 Å². The van der Waals surface area contributed by atoms with E-state index in [9.17, 15) is 14.9 Å². The smallest absolute Gasteiger partial charge is 0.273 e. The molecule has 0 radical (unpaired) electrons. The van der Waals surface area contributed by atoms with Crippen molar-refractivity contribution in [2.24, 2.45) is 0 Å². The molecule has 1 N–H and O–H groups in total. The summed E-state index contributed by atoms with van der Waals surface area (Å²) in [4.78, 5) is 23.0. The standard InChI is InChI=1S/C19H22N2O4/c1-4-16(14-9-10-18(25-3)13(2)11-14)20-19(22)12-15-7-5-6-8-17(15)21(23)24/h5-11,16H,4,12H2,1-3H3,(H,20,22)/t16-/m1/s1. The molecule has 25 heavy (non-hydrogen) atoms. The van der Waals surface area contributed by atoms with Crippen LogP contribution < -0.4 is 10.1 Å². The quantitative estimate of drug-likeness (QED) is 0.614. The SMILES string of the molecule is CC[C@@H](NC(=O)Cc1ccccc1[N+](=O)[O-])c1ccc(OC)c(C)c1. The fraction of sp³-hybridized carbons (Fsp3) is 0.316. The van der Waals surface area contributed by atoms with Crippen molar-refractivity contribution in [3.05, 3.63) is 69.3 Å². The predicted octanol–water partition coefficient (Wildman–Crippen LogP) is 3.72. The Hall–Kier alpha value is -2.89. The van der Waals surface area contributed by atoms with Gasteiger partial charge in [0.15, 0.2) is 0 Å². The number of nitrogens with zero attached hydrogens (tertiary/aromatic N) is 1. The number of carbonyl (C=O) groups excluding carboxylic acids is 1. The maximum atomic E-state index is 12.4. The number of nitro groups is 1. The summed E-state index contributed by atoms with van der Waals surface area (Å²) >= 11 is 0. The highest BCUT2D eigenvalue weighted by Crippen LogP contribution is 2.25. The van der Waals surface area contributed by atoms with Gasteiger partial charge in [-0.2, -0.15) is 0 Å². The minimum atomic E-state index is -0.466. The molecule has 2 aromatic carbocycles. The molecule has 2 rings (SSSR count). The molecule has 132 valence electrons. The third-order valence-electron chi connectivity index (χ3n) is 4.10. The van der Waals surface area contributed by atoms with Crippen LogP contribution in [0.3, 0.4) is 0 Å². The van der Waals surface area contributed by atoms with Crippen LogP contribution in [0.1, 0.15) is 36.1 Å². The second-order valence-electron chi connectivity index (χ2n) is 5.82. The lowest BCUT2D eigenvalue weighted by atomic mass is 10.0. The molecule has 0 aliphatic heterocycles. The van der Waals surface area contributed by atoms with E-state index in [-0.39, 0.29) is 24.1 Å². The van der Waals surface area contributed by atoms with Gasteiger partial charge >= 0.3 is 0 Å². The Morgan fingerprint density at radius 2 is 2.00 bits per heavy atom. The first-order valence-corrected chi connectivity index (χ1v) is 8.12. The zero-order chi connectivity index (χ0) is 18.4. The summed E-state index contributed by atoms with van der Waals surface area (Å²) in [5.74, 6) is 0.555. The number of carbonyl (C=O) groups is 1. The average Bonchev–Trinajstić information content (AvgIpc) is 2.59. The largest absolute Gasteiger partial charge is 0.496 e. The Kier molecular flexibility index (Phi) is 6.11. The van der Waals surface area contributed by atoms with Crippen LogP contribution >= 0.6 is 0 Å². The number of benzene rings is 2. The van der Waals surface area contributed by atoms with Crippen LogP contribution in [0.4, 0.5) is 5.69 Å². The molecule has 0 aliphatic carbocycles. The monoisotopic (exact) mass is 342 g/mol. The summed E-state index contributed by atoms with van der Waals surface area (Å²) in [6.45, 7) is 3.93. The summed E-state index contributed by atoms with van der Waals surface area (Å²) in [6.07, 6.45) is 0.692. The van der Waals surface area contributed by atoms with Crippen molar-refractivity contribution in [3.8, 4) is 5.75 Å². The first kappa shape index (κ1) is 18.4. The Labute approximate surface area is 147 Å². The van der Waals surface area contributed by atoms with Crippen LogP contribution in [0, 0.1) is 17.0 Å². The number of nitro benzene ring substituents is 1. The summed E-state index contributed by atoms with van der Waals surface area (Å²) in [7, 11) is 1.62. The Morgan fingerprint density at radius 1 is 1.28 bits per heavy atom. The molecule has 0 aliphatic rings. The van der Waals surface area contributed by atoms with Crippen molar-refractivity contribution in [1.29, 1.82) is 0 Å². The van der Waals surface area contributed by atoms with Crippen molar-refractivity contribution in [2.75, 3.05) is 7.11 Å².